The van der Waals surface area contributed by atoms with Gasteiger partial charge in [0.1, 0.15) is 0 Å². The van der Waals surface area contributed by atoms with E-state index in [9.17, 15) is 4.79 Å². The molecule has 0 radical (unpaired) electrons. The molecule has 1 aromatic heterocycles. The average molecular weight is 290 g/mol. The molecule has 1 fully saturated rings. The number of piperidine rings is 1. The predicted octanol–water partition coefficient (Wildman–Crippen LogP) is 2.53. The van der Waals surface area contributed by atoms with E-state index >= 15 is 0 Å². The van der Waals surface area contributed by atoms with Gasteiger partial charge < -0.3 is 10.0 Å². The number of hydrogen-bond donors (Lipinski definition) is 1. The van der Waals surface area contributed by atoms with Gasteiger partial charge in [0.25, 0.3) is 5.91 Å². The number of likely N-dealkylation sites (tertiary alicyclic amines) is 1. The van der Waals surface area contributed by atoms with Crippen molar-refractivity contribution in [1.82, 2.24) is 9.88 Å². The zero-order valence-corrected chi connectivity index (χ0v) is 12.1. The number of carbonyl (C=O) groups is 1. The maximum Gasteiger partial charge on any atom is 0.253 e. The number of aromatic nitrogens is 1. The van der Waals surface area contributed by atoms with Gasteiger partial charge in [0, 0.05) is 25.3 Å². The van der Waals surface area contributed by atoms with Crippen molar-refractivity contribution < 1.29 is 9.90 Å². The summed E-state index contributed by atoms with van der Waals surface area (Å²) in [4.78, 5) is 18.6. The maximum atomic E-state index is 12.5. The van der Waals surface area contributed by atoms with Gasteiger partial charge in [-0.15, -0.1) is 11.3 Å². The second kappa shape index (κ2) is 5.89. The molecule has 20 heavy (non-hydrogen) atoms. The van der Waals surface area contributed by atoms with E-state index in [0.717, 1.165) is 48.1 Å². The topological polar surface area (TPSA) is 53.4 Å². The van der Waals surface area contributed by atoms with Gasteiger partial charge in [-0.25, -0.2) is 4.98 Å². The van der Waals surface area contributed by atoms with E-state index in [1.54, 1.807) is 16.8 Å². The van der Waals surface area contributed by atoms with E-state index in [4.69, 9.17) is 5.11 Å². The third-order valence-electron chi connectivity index (χ3n) is 4.02. The highest BCUT2D eigenvalue weighted by Crippen LogP contribution is 2.23. The Labute approximate surface area is 122 Å². The molecule has 0 spiro atoms. The molecular formula is C15H18N2O2S. The highest BCUT2D eigenvalue weighted by atomic mass is 32.1. The van der Waals surface area contributed by atoms with Crippen molar-refractivity contribution >= 4 is 27.5 Å². The fourth-order valence-corrected chi connectivity index (χ4v) is 3.49. The number of aliphatic hydroxyl groups excluding tert-OH is 1. The molecule has 1 aliphatic heterocycles. The number of amides is 1. The Kier molecular flexibility index (Phi) is 3.98. The van der Waals surface area contributed by atoms with Crippen molar-refractivity contribution in [2.45, 2.75) is 19.3 Å². The predicted molar refractivity (Wildman–Crippen MR) is 80.0 cm³/mol. The van der Waals surface area contributed by atoms with E-state index < -0.39 is 0 Å². The minimum atomic E-state index is 0.114. The van der Waals surface area contributed by atoms with Crippen LogP contribution in [0, 0.1) is 5.92 Å². The van der Waals surface area contributed by atoms with Crippen LogP contribution < -0.4 is 0 Å². The molecule has 2 heterocycles. The molecule has 4 nitrogen and oxygen atoms in total. The van der Waals surface area contributed by atoms with Gasteiger partial charge in [0.15, 0.2) is 0 Å². The van der Waals surface area contributed by atoms with E-state index in [-0.39, 0.29) is 12.5 Å². The Morgan fingerprint density at radius 1 is 1.40 bits per heavy atom. The molecule has 0 atom stereocenters. The third-order valence-corrected chi connectivity index (χ3v) is 4.81. The summed E-state index contributed by atoms with van der Waals surface area (Å²) >= 11 is 1.56. The van der Waals surface area contributed by atoms with Crippen LogP contribution in [0.15, 0.2) is 23.7 Å². The average Bonchev–Trinajstić information content (AvgIpc) is 2.95. The molecule has 1 aliphatic rings. The zero-order valence-electron chi connectivity index (χ0n) is 11.3. The van der Waals surface area contributed by atoms with E-state index in [0.29, 0.717) is 5.92 Å². The molecule has 0 unspecified atom stereocenters. The molecule has 106 valence electrons. The molecule has 1 aromatic carbocycles. The van der Waals surface area contributed by atoms with E-state index in [2.05, 4.69) is 4.98 Å². The molecule has 0 aliphatic carbocycles. The largest absolute Gasteiger partial charge is 0.396 e. The summed E-state index contributed by atoms with van der Waals surface area (Å²) < 4.78 is 1.06. The first kappa shape index (κ1) is 13.5. The summed E-state index contributed by atoms with van der Waals surface area (Å²) in [6.07, 6.45) is 2.85. The van der Waals surface area contributed by atoms with Gasteiger partial charge in [-0.3, -0.25) is 4.79 Å². The van der Waals surface area contributed by atoms with Crippen LogP contribution in [0.2, 0.25) is 0 Å². The molecule has 1 saturated heterocycles. The number of nitrogens with zero attached hydrogens (tertiary/aromatic N) is 2. The Morgan fingerprint density at radius 2 is 2.20 bits per heavy atom. The molecule has 5 heteroatoms. The molecule has 3 rings (SSSR count). The highest BCUT2D eigenvalue weighted by Gasteiger charge is 2.23. The molecular weight excluding hydrogens is 272 g/mol. The lowest BCUT2D eigenvalue weighted by atomic mass is 9.93. The lowest BCUT2D eigenvalue weighted by Crippen LogP contribution is -2.38. The standard InChI is InChI=1S/C15H18N2O2S/c18-8-5-11-3-6-17(7-4-11)15(19)12-1-2-13-14(9-12)20-10-16-13/h1-2,9-11,18H,3-8H2. The smallest absolute Gasteiger partial charge is 0.253 e. The first-order valence-corrected chi connectivity index (χ1v) is 7.89. The van der Waals surface area contributed by atoms with Gasteiger partial charge >= 0.3 is 0 Å². The molecule has 0 bridgehead atoms. The number of thiazole rings is 1. The Morgan fingerprint density at radius 3 is 2.95 bits per heavy atom. The highest BCUT2D eigenvalue weighted by molar-refractivity contribution is 7.16. The lowest BCUT2D eigenvalue weighted by Gasteiger charge is -2.31. The van der Waals surface area contributed by atoms with Gasteiger partial charge in [0.05, 0.1) is 15.7 Å². The summed E-state index contributed by atoms with van der Waals surface area (Å²) in [6, 6.07) is 5.72. The maximum absolute atomic E-state index is 12.5. The van der Waals surface area contributed by atoms with Crippen LogP contribution in [-0.4, -0.2) is 40.6 Å². The number of hydrogen-bond acceptors (Lipinski definition) is 4. The Bertz CT molecular complexity index is 603. The normalized spacial score (nSPS) is 16.8. The minimum absolute atomic E-state index is 0.114. The van der Waals surface area contributed by atoms with Crippen molar-refractivity contribution in [2.24, 2.45) is 5.92 Å². The minimum Gasteiger partial charge on any atom is -0.396 e. The van der Waals surface area contributed by atoms with Crippen molar-refractivity contribution in [2.75, 3.05) is 19.7 Å². The number of rotatable bonds is 3. The van der Waals surface area contributed by atoms with E-state index in [1.807, 2.05) is 23.1 Å². The first-order valence-electron chi connectivity index (χ1n) is 7.01. The fourth-order valence-electron chi connectivity index (χ4n) is 2.78. The van der Waals surface area contributed by atoms with Crippen molar-refractivity contribution in [1.29, 1.82) is 0 Å². The number of fused-ring (bicyclic) bond motifs is 1. The second-order valence-electron chi connectivity index (χ2n) is 5.28. The van der Waals surface area contributed by atoms with Crippen LogP contribution in [0.1, 0.15) is 29.6 Å². The quantitative estimate of drug-likeness (QED) is 0.945. The summed E-state index contributed by atoms with van der Waals surface area (Å²) in [5.41, 5.74) is 3.51. The number of aliphatic hydroxyl groups is 1. The van der Waals surface area contributed by atoms with Gasteiger partial charge in [-0.05, 0) is 43.4 Å². The molecule has 0 saturated carbocycles. The summed E-state index contributed by atoms with van der Waals surface area (Å²) in [5.74, 6) is 0.677. The van der Waals surface area contributed by atoms with Crippen molar-refractivity contribution in [3.63, 3.8) is 0 Å². The Hall–Kier alpha value is -1.46. The number of benzene rings is 1. The van der Waals surface area contributed by atoms with Crippen LogP contribution in [0.4, 0.5) is 0 Å². The van der Waals surface area contributed by atoms with Crippen LogP contribution in [0.5, 0.6) is 0 Å². The van der Waals surface area contributed by atoms with Crippen molar-refractivity contribution in [3.05, 3.63) is 29.3 Å². The SMILES string of the molecule is O=C(c1ccc2ncsc2c1)N1CCC(CCO)CC1. The van der Waals surface area contributed by atoms with Crippen molar-refractivity contribution in [3.8, 4) is 0 Å². The van der Waals surface area contributed by atoms with Crippen LogP contribution in [0.25, 0.3) is 10.2 Å². The first-order chi connectivity index (χ1) is 9.78. The number of carbonyl (C=O) groups excluding carboxylic acids is 1. The Balaban J connectivity index is 1.69. The molecule has 1 amide bonds. The zero-order chi connectivity index (χ0) is 13.9. The van der Waals surface area contributed by atoms with Gasteiger partial charge in [0.2, 0.25) is 0 Å². The van der Waals surface area contributed by atoms with Crippen LogP contribution in [-0.2, 0) is 0 Å². The summed E-state index contributed by atoms with van der Waals surface area (Å²) in [7, 11) is 0. The summed E-state index contributed by atoms with van der Waals surface area (Å²) in [5, 5.41) is 8.97. The monoisotopic (exact) mass is 290 g/mol. The second-order valence-corrected chi connectivity index (χ2v) is 6.17. The third kappa shape index (κ3) is 2.69. The van der Waals surface area contributed by atoms with Gasteiger partial charge in [-0.2, -0.15) is 0 Å². The van der Waals surface area contributed by atoms with Crippen LogP contribution >= 0.6 is 11.3 Å². The summed E-state index contributed by atoms with van der Waals surface area (Å²) in [6.45, 7) is 1.84. The fraction of sp³-hybridized carbons (Fsp3) is 0.467. The lowest BCUT2D eigenvalue weighted by molar-refractivity contribution is 0.0678. The molecule has 2 aromatic rings. The molecule has 1 N–H and O–H groups in total. The van der Waals surface area contributed by atoms with E-state index in [1.165, 1.54) is 0 Å². The van der Waals surface area contributed by atoms with Crippen LogP contribution in [0.3, 0.4) is 0 Å². The van der Waals surface area contributed by atoms with Gasteiger partial charge in [-0.1, -0.05) is 0 Å².